The molecule has 0 aromatic rings. The fraction of sp³-hybridized carbons (Fsp3) is 0.500. The van der Waals surface area contributed by atoms with Crippen LogP contribution >= 0.6 is 24.2 Å². The van der Waals surface area contributed by atoms with Crippen LogP contribution in [0.4, 0.5) is 0 Å². The standard InChI is InChI=1S/C4H6S.ClH/c1-2-4-5-3-1;/h1,3H,2,4H2;1H. The number of thioether (sulfide) groups is 1. The van der Waals surface area contributed by atoms with E-state index >= 15 is 0 Å². The maximum Gasteiger partial charge on any atom is 0.000884 e. The van der Waals surface area contributed by atoms with Crippen LogP contribution in [0.3, 0.4) is 0 Å². The summed E-state index contributed by atoms with van der Waals surface area (Å²) in [6.07, 6.45) is 3.48. The van der Waals surface area contributed by atoms with Crippen LogP contribution in [0.2, 0.25) is 0 Å². The Bertz CT molecular complexity index is 45.5. The largest absolute Gasteiger partial charge is 0.147 e. The van der Waals surface area contributed by atoms with Crippen molar-refractivity contribution >= 4 is 24.2 Å². The van der Waals surface area contributed by atoms with Crippen molar-refractivity contribution < 1.29 is 0 Å². The van der Waals surface area contributed by atoms with Gasteiger partial charge in [0.1, 0.15) is 0 Å². The fourth-order valence-corrected chi connectivity index (χ4v) is 1.02. The van der Waals surface area contributed by atoms with E-state index in [1.54, 1.807) is 0 Å². The van der Waals surface area contributed by atoms with Gasteiger partial charge in [-0.2, -0.15) is 0 Å². The van der Waals surface area contributed by atoms with E-state index in [4.69, 9.17) is 0 Å². The molecule has 0 aromatic carbocycles. The Hall–Kier alpha value is 0.380. The second kappa shape index (κ2) is 3.57. The second-order valence-electron chi connectivity index (χ2n) is 1.03. The van der Waals surface area contributed by atoms with Crippen molar-refractivity contribution in [3.8, 4) is 0 Å². The third-order valence-electron chi connectivity index (χ3n) is 0.595. The van der Waals surface area contributed by atoms with Gasteiger partial charge in [-0.25, -0.2) is 0 Å². The molecular formula is C4H7ClS. The number of hydrogen-bond acceptors (Lipinski definition) is 1. The topological polar surface area (TPSA) is 0 Å². The van der Waals surface area contributed by atoms with E-state index in [-0.39, 0.29) is 12.4 Å². The number of rotatable bonds is 0. The van der Waals surface area contributed by atoms with Crippen molar-refractivity contribution in [2.75, 3.05) is 5.75 Å². The Kier molecular flexibility index (Phi) is 3.79. The molecule has 36 valence electrons. The van der Waals surface area contributed by atoms with Gasteiger partial charge in [-0.1, -0.05) is 6.08 Å². The van der Waals surface area contributed by atoms with E-state index < -0.39 is 0 Å². The van der Waals surface area contributed by atoms with Gasteiger partial charge in [0.05, 0.1) is 0 Å². The first-order chi connectivity index (χ1) is 2.50. The highest BCUT2D eigenvalue weighted by atomic mass is 35.5. The number of halogens is 1. The lowest BCUT2D eigenvalue weighted by Crippen LogP contribution is -1.56. The molecule has 0 amide bonds. The average Bonchev–Trinajstić information content (AvgIpc) is 1.76. The normalized spacial score (nSPS) is 17.3. The van der Waals surface area contributed by atoms with Crippen LogP contribution in [0.15, 0.2) is 11.5 Å². The summed E-state index contributed by atoms with van der Waals surface area (Å²) in [5.74, 6) is 1.31. The molecule has 0 fully saturated rings. The summed E-state index contributed by atoms with van der Waals surface area (Å²) >= 11 is 1.89. The van der Waals surface area contributed by atoms with Gasteiger partial charge in [0, 0.05) is 5.75 Å². The molecular weight excluding hydrogens is 116 g/mol. The van der Waals surface area contributed by atoms with Gasteiger partial charge in [-0.15, -0.1) is 24.2 Å². The summed E-state index contributed by atoms with van der Waals surface area (Å²) in [6.45, 7) is 0. The zero-order valence-electron chi connectivity index (χ0n) is 3.39. The molecule has 0 nitrogen and oxygen atoms in total. The van der Waals surface area contributed by atoms with Crippen molar-refractivity contribution in [3.05, 3.63) is 11.5 Å². The maximum atomic E-state index is 2.20. The van der Waals surface area contributed by atoms with Gasteiger partial charge in [0.2, 0.25) is 0 Å². The Morgan fingerprint density at radius 1 is 1.50 bits per heavy atom. The van der Waals surface area contributed by atoms with Crippen LogP contribution in [-0.4, -0.2) is 5.75 Å². The Morgan fingerprint density at radius 3 is 2.50 bits per heavy atom. The van der Waals surface area contributed by atoms with Crippen LogP contribution in [-0.2, 0) is 0 Å². The van der Waals surface area contributed by atoms with Crippen LogP contribution in [0.1, 0.15) is 6.42 Å². The summed E-state index contributed by atoms with van der Waals surface area (Å²) in [4.78, 5) is 0. The van der Waals surface area contributed by atoms with E-state index in [0.717, 1.165) is 0 Å². The predicted octanol–water partition coefficient (Wildman–Crippen LogP) is 2.06. The van der Waals surface area contributed by atoms with Crippen molar-refractivity contribution in [3.63, 3.8) is 0 Å². The summed E-state index contributed by atoms with van der Waals surface area (Å²) in [5, 5.41) is 2.15. The molecule has 0 aliphatic carbocycles. The van der Waals surface area contributed by atoms with Crippen LogP contribution in [0.25, 0.3) is 0 Å². The zero-order chi connectivity index (χ0) is 3.54. The molecule has 0 atom stereocenters. The molecule has 2 heteroatoms. The minimum atomic E-state index is 0. The monoisotopic (exact) mass is 122 g/mol. The fourth-order valence-electron chi connectivity index (χ4n) is 0.340. The lowest BCUT2D eigenvalue weighted by atomic mass is 10.5. The molecule has 0 unspecified atom stereocenters. The van der Waals surface area contributed by atoms with Crippen molar-refractivity contribution in [1.82, 2.24) is 0 Å². The summed E-state index contributed by atoms with van der Waals surface area (Å²) in [5.41, 5.74) is 0. The molecule has 1 rings (SSSR count). The lowest BCUT2D eigenvalue weighted by Gasteiger charge is -1.69. The minimum absolute atomic E-state index is 0. The maximum absolute atomic E-state index is 2.20. The van der Waals surface area contributed by atoms with Gasteiger partial charge in [0.15, 0.2) is 0 Å². The molecule has 6 heavy (non-hydrogen) atoms. The van der Waals surface area contributed by atoms with Gasteiger partial charge in [0.25, 0.3) is 0 Å². The third-order valence-corrected chi connectivity index (χ3v) is 1.45. The van der Waals surface area contributed by atoms with Crippen molar-refractivity contribution in [1.29, 1.82) is 0 Å². The molecule has 0 saturated carbocycles. The van der Waals surface area contributed by atoms with Crippen LogP contribution in [0, 0.1) is 0 Å². The lowest BCUT2D eigenvalue weighted by molar-refractivity contribution is 1.28. The molecule has 0 N–H and O–H groups in total. The van der Waals surface area contributed by atoms with E-state index in [0.29, 0.717) is 0 Å². The molecule has 1 aliphatic rings. The molecule has 0 saturated heterocycles. The van der Waals surface area contributed by atoms with Gasteiger partial charge >= 0.3 is 0 Å². The van der Waals surface area contributed by atoms with E-state index in [9.17, 15) is 0 Å². The highest BCUT2D eigenvalue weighted by molar-refractivity contribution is 8.02. The Balaban J connectivity index is 0.000000250. The first-order valence-electron chi connectivity index (χ1n) is 1.77. The van der Waals surface area contributed by atoms with Crippen LogP contribution < -0.4 is 0 Å². The quantitative estimate of drug-likeness (QED) is 0.474. The first-order valence-corrected chi connectivity index (χ1v) is 2.81. The summed E-state index contributed by atoms with van der Waals surface area (Å²) in [6, 6.07) is 0. The molecule has 1 aliphatic heterocycles. The van der Waals surface area contributed by atoms with Crippen LogP contribution in [0.5, 0.6) is 0 Å². The molecule has 1 heterocycles. The van der Waals surface area contributed by atoms with Crippen molar-refractivity contribution in [2.24, 2.45) is 0 Å². The zero-order valence-corrected chi connectivity index (χ0v) is 5.02. The SMILES string of the molecule is C1=CSCC1.Cl. The molecule has 0 spiro atoms. The first kappa shape index (κ1) is 6.38. The number of hydrogen-bond donors (Lipinski definition) is 0. The van der Waals surface area contributed by atoms with E-state index in [1.165, 1.54) is 12.2 Å². The average molecular weight is 123 g/mol. The minimum Gasteiger partial charge on any atom is -0.147 e. The van der Waals surface area contributed by atoms with E-state index in [2.05, 4.69) is 11.5 Å². The number of allylic oxidation sites excluding steroid dienone is 1. The molecule has 0 bridgehead atoms. The second-order valence-corrected chi connectivity index (χ2v) is 2.04. The highest BCUT2D eigenvalue weighted by Gasteiger charge is 1.85. The Labute approximate surface area is 48.4 Å². The summed E-state index contributed by atoms with van der Waals surface area (Å²) < 4.78 is 0. The smallest absolute Gasteiger partial charge is 0.000884 e. The summed E-state index contributed by atoms with van der Waals surface area (Å²) in [7, 11) is 0. The Morgan fingerprint density at radius 2 is 2.33 bits per heavy atom. The molecule has 0 aromatic heterocycles. The van der Waals surface area contributed by atoms with Gasteiger partial charge in [-0.3, -0.25) is 0 Å². The highest BCUT2D eigenvalue weighted by Crippen LogP contribution is 2.11. The molecule has 0 radical (unpaired) electrons. The predicted molar refractivity (Wildman–Crippen MR) is 33.5 cm³/mol. The third kappa shape index (κ3) is 1.73. The van der Waals surface area contributed by atoms with Gasteiger partial charge < -0.3 is 0 Å². The van der Waals surface area contributed by atoms with E-state index in [1.807, 2.05) is 11.8 Å². The van der Waals surface area contributed by atoms with Crippen molar-refractivity contribution in [2.45, 2.75) is 6.42 Å². The van der Waals surface area contributed by atoms with Gasteiger partial charge in [-0.05, 0) is 11.8 Å².